The minimum absolute atomic E-state index is 0.0547. The summed E-state index contributed by atoms with van der Waals surface area (Å²) in [6, 6.07) is 3.64. The molecular weight excluding hydrogens is 270 g/mol. The molecule has 0 spiro atoms. The molecule has 1 aromatic heterocycles. The Balaban J connectivity index is 2.62. The number of hydrogen-bond acceptors (Lipinski definition) is 4. The van der Waals surface area contributed by atoms with Crippen LogP contribution in [0.4, 0.5) is 5.82 Å². The van der Waals surface area contributed by atoms with Crippen molar-refractivity contribution >= 4 is 23.5 Å². The number of anilines is 1. The second-order valence-electron chi connectivity index (χ2n) is 4.74. The first-order valence-electron chi connectivity index (χ1n) is 7.14. The summed E-state index contributed by atoms with van der Waals surface area (Å²) in [4.78, 5) is 16.3. The maximum absolute atomic E-state index is 12.1. The van der Waals surface area contributed by atoms with Crippen LogP contribution < -0.4 is 10.6 Å². The van der Waals surface area contributed by atoms with Gasteiger partial charge in [-0.25, -0.2) is 4.98 Å². The zero-order valence-corrected chi connectivity index (χ0v) is 13.6. The van der Waals surface area contributed by atoms with E-state index in [1.54, 1.807) is 12.3 Å². The molecule has 4 nitrogen and oxygen atoms in total. The Morgan fingerprint density at radius 3 is 2.45 bits per heavy atom. The third-order valence-electron chi connectivity index (χ3n) is 3.68. The van der Waals surface area contributed by atoms with Crippen molar-refractivity contribution in [2.24, 2.45) is 0 Å². The second kappa shape index (κ2) is 8.15. The molecule has 0 bridgehead atoms. The molecule has 0 aliphatic carbocycles. The van der Waals surface area contributed by atoms with E-state index in [4.69, 9.17) is 0 Å². The Morgan fingerprint density at radius 2 is 2.00 bits per heavy atom. The predicted molar refractivity (Wildman–Crippen MR) is 87.6 cm³/mol. The lowest BCUT2D eigenvalue weighted by Gasteiger charge is -2.29. The van der Waals surface area contributed by atoms with Crippen molar-refractivity contribution in [2.45, 2.75) is 38.4 Å². The minimum atomic E-state index is -0.0547. The highest BCUT2D eigenvalue weighted by Gasteiger charge is 2.25. The molecule has 112 valence electrons. The van der Waals surface area contributed by atoms with E-state index < -0.39 is 0 Å². The van der Waals surface area contributed by atoms with E-state index in [9.17, 15) is 4.79 Å². The van der Waals surface area contributed by atoms with Crippen molar-refractivity contribution in [1.29, 1.82) is 0 Å². The summed E-state index contributed by atoms with van der Waals surface area (Å²) in [5, 5.41) is 6.14. The van der Waals surface area contributed by atoms with Gasteiger partial charge < -0.3 is 10.6 Å². The molecule has 1 amide bonds. The summed E-state index contributed by atoms with van der Waals surface area (Å²) in [7, 11) is 0. The molecule has 1 aromatic rings. The maximum Gasteiger partial charge on any atom is 0.252 e. The van der Waals surface area contributed by atoms with Gasteiger partial charge in [0.25, 0.3) is 5.91 Å². The van der Waals surface area contributed by atoms with Crippen molar-refractivity contribution in [1.82, 2.24) is 10.3 Å². The van der Waals surface area contributed by atoms with E-state index in [-0.39, 0.29) is 10.7 Å². The average Bonchev–Trinajstić information content (AvgIpc) is 2.50. The normalized spacial score (nSPS) is 11.2. The van der Waals surface area contributed by atoms with Crippen molar-refractivity contribution in [3.63, 3.8) is 0 Å². The fraction of sp³-hybridized carbons (Fsp3) is 0.600. The van der Waals surface area contributed by atoms with Gasteiger partial charge in [0, 0.05) is 24.0 Å². The number of rotatable bonds is 8. The topological polar surface area (TPSA) is 54.0 Å². The Hall–Kier alpha value is -1.23. The van der Waals surface area contributed by atoms with Crippen LogP contribution in [0.3, 0.4) is 0 Å². The number of hydrogen-bond donors (Lipinski definition) is 2. The Kier molecular flexibility index (Phi) is 6.85. The average molecular weight is 295 g/mol. The molecule has 0 aliphatic heterocycles. The highest BCUT2D eigenvalue weighted by atomic mass is 32.2. The number of pyridine rings is 1. The number of nitrogens with zero attached hydrogens (tertiary/aromatic N) is 1. The Bertz CT molecular complexity index is 407. The largest absolute Gasteiger partial charge is 0.370 e. The van der Waals surface area contributed by atoms with Gasteiger partial charge in [0.1, 0.15) is 5.82 Å². The van der Waals surface area contributed by atoms with Crippen LogP contribution in [-0.4, -0.2) is 35.0 Å². The molecule has 0 saturated heterocycles. The van der Waals surface area contributed by atoms with Gasteiger partial charge in [-0.05, 0) is 38.2 Å². The zero-order chi connectivity index (χ0) is 15.0. The molecule has 1 rings (SSSR count). The molecule has 0 atom stereocenters. The van der Waals surface area contributed by atoms with Crippen LogP contribution in [-0.2, 0) is 0 Å². The summed E-state index contributed by atoms with van der Waals surface area (Å²) in [6.45, 7) is 7.86. The SMILES string of the molecule is CCNc1ccc(C(=O)NCC(CC)(CC)SC)cn1. The van der Waals surface area contributed by atoms with Crippen LogP contribution >= 0.6 is 11.8 Å². The van der Waals surface area contributed by atoms with Gasteiger partial charge in [-0.3, -0.25) is 4.79 Å². The zero-order valence-electron chi connectivity index (χ0n) is 12.8. The van der Waals surface area contributed by atoms with Crippen molar-refractivity contribution < 1.29 is 4.79 Å². The van der Waals surface area contributed by atoms with Gasteiger partial charge in [0.05, 0.1) is 5.56 Å². The lowest BCUT2D eigenvalue weighted by Crippen LogP contribution is -2.39. The predicted octanol–water partition coefficient (Wildman–Crippen LogP) is 3.17. The lowest BCUT2D eigenvalue weighted by atomic mass is 10.0. The molecule has 0 unspecified atom stereocenters. The first-order chi connectivity index (χ1) is 9.60. The molecule has 0 aromatic carbocycles. The standard InChI is InChI=1S/C15H25N3OS/c1-5-15(6-2,20-4)11-18-14(19)12-8-9-13(16-7-3)17-10-12/h8-10H,5-7,11H2,1-4H3,(H,16,17)(H,18,19). The summed E-state index contributed by atoms with van der Waals surface area (Å²) in [5.41, 5.74) is 0.605. The van der Waals surface area contributed by atoms with E-state index in [1.807, 2.05) is 24.8 Å². The third kappa shape index (κ3) is 4.40. The highest BCUT2D eigenvalue weighted by Crippen LogP contribution is 2.29. The lowest BCUT2D eigenvalue weighted by molar-refractivity contribution is 0.0948. The fourth-order valence-corrected chi connectivity index (χ4v) is 2.81. The van der Waals surface area contributed by atoms with Crippen molar-refractivity contribution in [2.75, 3.05) is 24.7 Å². The first-order valence-corrected chi connectivity index (χ1v) is 8.36. The molecule has 0 aliphatic rings. The summed E-state index contributed by atoms with van der Waals surface area (Å²) >= 11 is 1.82. The van der Waals surface area contributed by atoms with E-state index in [0.29, 0.717) is 12.1 Å². The Labute approximate surface area is 126 Å². The minimum Gasteiger partial charge on any atom is -0.370 e. The first kappa shape index (κ1) is 16.8. The van der Waals surface area contributed by atoms with Crippen molar-refractivity contribution in [3.05, 3.63) is 23.9 Å². The fourth-order valence-electron chi connectivity index (χ4n) is 2.02. The van der Waals surface area contributed by atoms with Crippen molar-refractivity contribution in [3.8, 4) is 0 Å². The van der Waals surface area contributed by atoms with E-state index in [1.165, 1.54) is 0 Å². The van der Waals surface area contributed by atoms with E-state index >= 15 is 0 Å². The number of amides is 1. The summed E-state index contributed by atoms with van der Waals surface area (Å²) in [5.74, 6) is 0.741. The van der Waals surface area contributed by atoms with Crippen LogP contribution in [0, 0.1) is 0 Å². The quantitative estimate of drug-likeness (QED) is 0.773. The molecule has 1 heterocycles. The monoisotopic (exact) mass is 295 g/mol. The number of aromatic nitrogens is 1. The van der Waals surface area contributed by atoms with Crippen LogP contribution in [0.15, 0.2) is 18.3 Å². The van der Waals surface area contributed by atoms with E-state index in [0.717, 1.165) is 25.2 Å². The van der Waals surface area contributed by atoms with Gasteiger partial charge in [-0.1, -0.05) is 13.8 Å². The van der Waals surface area contributed by atoms with Gasteiger partial charge in [0.2, 0.25) is 0 Å². The maximum atomic E-state index is 12.1. The highest BCUT2D eigenvalue weighted by molar-refractivity contribution is 8.00. The summed E-state index contributed by atoms with van der Waals surface area (Å²) < 4.78 is 0.132. The summed E-state index contributed by atoms with van der Waals surface area (Å²) in [6.07, 6.45) is 5.81. The number of carbonyl (C=O) groups excluding carboxylic acids is 1. The smallest absolute Gasteiger partial charge is 0.252 e. The van der Waals surface area contributed by atoms with Crippen LogP contribution in [0.1, 0.15) is 44.0 Å². The number of nitrogens with one attached hydrogen (secondary N) is 2. The molecule has 20 heavy (non-hydrogen) atoms. The molecule has 0 radical (unpaired) electrons. The second-order valence-corrected chi connectivity index (χ2v) is 6.01. The molecule has 0 saturated carbocycles. The Morgan fingerprint density at radius 1 is 1.30 bits per heavy atom. The van der Waals surface area contributed by atoms with Gasteiger partial charge in [-0.2, -0.15) is 11.8 Å². The van der Waals surface area contributed by atoms with E-state index in [2.05, 4.69) is 35.7 Å². The molecule has 0 fully saturated rings. The van der Waals surface area contributed by atoms with Crippen LogP contribution in [0.2, 0.25) is 0 Å². The van der Waals surface area contributed by atoms with Gasteiger partial charge in [0.15, 0.2) is 0 Å². The third-order valence-corrected chi connectivity index (χ3v) is 5.26. The van der Waals surface area contributed by atoms with Gasteiger partial charge >= 0.3 is 0 Å². The number of thioether (sulfide) groups is 1. The van der Waals surface area contributed by atoms with Crippen LogP contribution in [0.25, 0.3) is 0 Å². The van der Waals surface area contributed by atoms with Crippen LogP contribution in [0.5, 0.6) is 0 Å². The molecule has 5 heteroatoms. The molecule has 2 N–H and O–H groups in total. The number of carbonyl (C=O) groups is 1. The van der Waals surface area contributed by atoms with Gasteiger partial charge in [-0.15, -0.1) is 0 Å². The molecular formula is C15H25N3OS.